The Labute approximate surface area is 410 Å². The zero-order valence-corrected chi connectivity index (χ0v) is 41.7. The van der Waals surface area contributed by atoms with Gasteiger partial charge in [-0.15, -0.1) is 0 Å². The maximum absolute atomic E-state index is 13.7. The van der Waals surface area contributed by atoms with Gasteiger partial charge >= 0.3 is 13.8 Å². The van der Waals surface area contributed by atoms with Crippen molar-refractivity contribution in [1.29, 1.82) is 0 Å². The Kier molecular flexibility index (Phi) is 29.3. The molecule has 0 aliphatic carbocycles. The molecule has 21 N–H and O–H groups in total. The lowest BCUT2D eigenvalue weighted by atomic mass is 9.97. The highest BCUT2D eigenvalue weighted by molar-refractivity contribution is 7.46. The number of amides is 9. The van der Waals surface area contributed by atoms with Crippen molar-refractivity contribution in [3.05, 3.63) is 0 Å². The Morgan fingerprint density at radius 1 is 0.606 bits per heavy atom. The summed E-state index contributed by atoms with van der Waals surface area (Å²) < 4.78 is 16.2. The molecule has 0 bridgehead atoms. The summed E-state index contributed by atoms with van der Waals surface area (Å²) >= 11 is 0. The van der Waals surface area contributed by atoms with E-state index in [1.165, 1.54) is 13.8 Å². The summed E-state index contributed by atoms with van der Waals surface area (Å²) in [5.41, 5.74) is 21.7. The summed E-state index contributed by atoms with van der Waals surface area (Å²) in [6.07, 6.45) is -0.287. The average molecular weight is 1040 g/mol. The number of phosphoric ester groups is 1. The molecule has 0 fully saturated rings. The Morgan fingerprint density at radius 2 is 1.07 bits per heavy atom. The van der Waals surface area contributed by atoms with Crippen LogP contribution < -0.4 is 65.5 Å². The molecule has 0 aromatic heterocycles. The fourth-order valence-corrected chi connectivity index (χ4v) is 6.48. The van der Waals surface area contributed by atoms with Gasteiger partial charge in [0.1, 0.15) is 48.3 Å². The number of rotatable bonds is 34. The fourth-order valence-electron chi connectivity index (χ4n) is 6.14. The smallest absolute Gasteiger partial charge is 0.469 e. The first kappa shape index (κ1) is 65.0. The zero-order chi connectivity index (χ0) is 54.9. The van der Waals surface area contributed by atoms with Crippen molar-refractivity contribution >= 4 is 72.9 Å². The number of carbonyl (C=O) groups excluding carboxylic acids is 9. The highest BCUT2D eigenvalue weighted by Crippen LogP contribution is 2.35. The number of aliphatic imine (C=N–C) groups is 1. The lowest BCUT2D eigenvalue weighted by Gasteiger charge is -2.29. The first-order valence-electron chi connectivity index (χ1n) is 22.6. The van der Waals surface area contributed by atoms with Crippen LogP contribution in [0.5, 0.6) is 0 Å². The van der Waals surface area contributed by atoms with Gasteiger partial charge in [0.15, 0.2) is 5.96 Å². The number of carbonyl (C=O) groups is 10. The van der Waals surface area contributed by atoms with Crippen molar-refractivity contribution in [1.82, 2.24) is 42.5 Å². The third-order valence-electron chi connectivity index (χ3n) is 10.4. The van der Waals surface area contributed by atoms with Crippen LogP contribution in [-0.4, -0.2) is 171 Å². The number of aliphatic hydroxyl groups is 2. The van der Waals surface area contributed by atoms with E-state index >= 15 is 0 Å². The Balaban J connectivity index is 6.32. The van der Waals surface area contributed by atoms with Gasteiger partial charge in [-0.25, -0.2) is 9.36 Å². The summed E-state index contributed by atoms with van der Waals surface area (Å²) in [6.45, 7) is 7.55. The molecule has 0 aromatic rings. The molecular weight excluding hydrogens is 965 g/mol. The van der Waals surface area contributed by atoms with Gasteiger partial charge in [-0.3, -0.25) is 52.7 Å². The lowest BCUT2D eigenvalue weighted by Crippen LogP contribution is -2.62. The first-order valence-corrected chi connectivity index (χ1v) is 24.1. The van der Waals surface area contributed by atoms with Gasteiger partial charge in [-0.1, -0.05) is 48.0 Å². The van der Waals surface area contributed by atoms with Crippen LogP contribution in [0.1, 0.15) is 87.0 Å². The minimum Gasteiger partial charge on any atom is -0.480 e. The molecule has 30 nitrogen and oxygen atoms in total. The number of guanidine groups is 1. The molecule has 406 valence electrons. The molecule has 10 atom stereocenters. The van der Waals surface area contributed by atoms with Crippen LogP contribution in [0.15, 0.2) is 4.99 Å². The summed E-state index contributed by atoms with van der Waals surface area (Å²) in [6, 6.07) is -14.0. The number of aliphatic hydroxyl groups excluding tert-OH is 2. The molecule has 0 unspecified atom stereocenters. The third-order valence-corrected chi connectivity index (χ3v) is 10.9. The van der Waals surface area contributed by atoms with E-state index in [4.69, 9.17) is 22.9 Å². The number of aliphatic carboxylic acids is 1. The minimum atomic E-state index is -5.32. The fraction of sp³-hybridized carbons (Fsp3) is 0.725. The van der Waals surface area contributed by atoms with E-state index in [0.717, 1.165) is 6.92 Å². The van der Waals surface area contributed by atoms with Gasteiger partial charge in [0, 0.05) is 13.0 Å². The largest absolute Gasteiger partial charge is 0.480 e. The van der Waals surface area contributed by atoms with Crippen LogP contribution in [-0.2, 0) is 57.0 Å². The molecule has 0 rings (SSSR count). The van der Waals surface area contributed by atoms with Gasteiger partial charge < -0.3 is 90.6 Å². The number of carboxylic acids is 1. The summed E-state index contributed by atoms with van der Waals surface area (Å²) in [5.74, 6) is -12.5. The molecule has 0 heterocycles. The molecule has 0 aliphatic rings. The standard InChI is InChI=1S/C40H74N13O17P/c1-8-20(6)30(38(64)50-26(16-55)35(61)52-29(19(4)5)39(65)66)53-36(62)25(15-54)49-34(60)24(14-18(2)3)48-37(63)27(17-70-71(67,68)69)51-31(57)21(7)46-33(59)23(11-12-28(42)56)47-32(58)22(41)10-9-13-45-40(43)44/h18-27,29-30,54-55H,8-17,41H2,1-7H3,(H2,42,56)(H,46,59)(H,47,58)(H,48,63)(H,49,60)(H,50,64)(H,51,57)(H,52,61)(H,53,62)(H,65,66)(H4,43,44,45)(H2,67,68,69)/t20-,21-,22-,23-,24-,25-,26-,27-,29-,30-/m0/s1. The number of nitrogens with two attached hydrogens (primary N) is 4. The molecule has 9 amide bonds. The highest BCUT2D eigenvalue weighted by atomic mass is 31.2. The van der Waals surface area contributed by atoms with Gasteiger partial charge in [0.25, 0.3) is 0 Å². The van der Waals surface area contributed by atoms with Crippen molar-refractivity contribution in [2.45, 2.75) is 141 Å². The second-order valence-electron chi connectivity index (χ2n) is 17.3. The van der Waals surface area contributed by atoms with E-state index < -0.39 is 159 Å². The summed E-state index contributed by atoms with van der Waals surface area (Å²) in [4.78, 5) is 153. The molecule has 0 radical (unpaired) electrons. The Bertz CT molecular complexity index is 1920. The van der Waals surface area contributed by atoms with E-state index in [1.54, 1.807) is 27.7 Å². The van der Waals surface area contributed by atoms with E-state index in [2.05, 4.69) is 52.1 Å². The molecule has 0 aliphatic heterocycles. The maximum atomic E-state index is 13.7. The summed E-state index contributed by atoms with van der Waals surface area (Å²) in [7, 11) is -5.32. The molecule has 31 heteroatoms. The van der Waals surface area contributed by atoms with Crippen LogP contribution in [0, 0.1) is 17.8 Å². The number of nitrogens with one attached hydrogen (secondary N) is 8. The van der Waals surface area contributed by atoms with Crippen molar-refractivity contribution in [3.8, 4) is 0 Å². The van der Waals surface area contributed by atoms with Crippen molar-refractivity contribution < 1.29 is 82.1 Å². The van der Waals surface area contributed by atoms with E-state index in [1.807, 2.05) is 0 Å². The zero-order valence-electron chi connectivity index (χ0n) is 40.8. The molecule has 71 heavy (non-hydrogen) atoms. The molecule has 0 aromatic carbocycles. The Morgan fingerprint density at radius 3 is 1.54 bits per heavy atom. The molecular formula is C40H74N13O17P. The van der Waals surface area contributed by atoms with E-state index in [0.29, 0.717) is 0 Å². The van der Waals surface area contributed by atoms with Gasteiger partial charge in [-0.2, -0.15) is 0 Å². The predicted octanol–water partition coefficient (Wildman–Crippen LogP) is -6.54. The second kappa shape index (κ2) is 32.0. The van der Waals surface area contributed by atoms with E-state index in [9.17, 15) is 77.6 Å². The minimum absolute atomic E-state index is 0.0814. The van der Waals surface area contributed by atoms with Crippen molar-refractivity contribution in [2.24, 2.45) is 45.7 Å². The number of primary amides is 1. The van der Waals surface area contributed by atoms with Crippen molar-refractivity contribution in [3.63, 3.8) is 0 Å². The monoisotopic (exact) mass is 1040 g/mol. The number of carboxylic acid groups (broad SMARTS) is 1. The maximum Gasteiger partial charge on any atom is 0.469 e. The molecule has 0 saturated heterocycles. The topological polar surface area (TPSA) is 511 Å². The third kappa shape index (κ3) is 25.6. The first-order chi connectivity index (χ1) is 32.9. The highest BCUT2D eigenvalue weighted by Gasteiger charge is 2.36. The van der Waals surface area contributed by atoms with Crippen LogP contribution in [0.2, 0.25) is 0 Å². The quantitative estimate of drug-likeness (QED) is 0.0123. The normalized spacial score (nSPS) is 15.6. The lowest BCUT2D eigenvalue weighted by molar-refractivity contribution is -0.144. The van der Waals surface area contributed by atoms with Crippen LogP contribution in [0.4, 0.5) is 0 Å². The molecule has 0 spiro atoms. The molecule has 0 saturated carbocycles. The van der Waals surface area contributed by atoms with E-state index in [-0.39, 0.29) is 50.5 Å². The second-order valence-corrected chi connectivity index (χ2v) is 18.6. The van der Waals surface area contributed by atoms with Crippen LogP contribution in [0.25, 0.3) is 0 Å². The van der Waals surface area contributed by atoms with Crippen LogP contribution >= 0.6 is 7.82 Å². The number of phosphoric acid groups is 1. The predicted molar refractivity (Wildman–Crippen MR) is 251 cm³/mol. The number of hydrogen-bond acceptors (Lipinski definition) is 16. The average Bonchev–Trinajstić information content (AvgIpc) is 3.27. The SMILES string of the molecule is CC[C@H](C)[C@H](NC(=O)[C@H](CO)NC(=O)[C@H](CC(C)C)NC(=O)[C@H](COP(=O)(O)O)NC(=O)[C@H](C)NC(=O)[C@H](CCC(N)=O)NC(=O)[C@@H](N)CCCN=C(N)N)C(=O)N[C@@H](CO)C(=O)N[C@H](C(=O)O)C(C)C. The number of hydrogen-bond donors (Lipinski definition) is 17. The van der Waals surface area contributed by atoms with Crippen molar-refractivity contribution in [2.75, 3.05) is 26.4 Å². The Hall–Kier alpha value is -6.04. The van der Waals surface area contributed by atoms with Gasteiger partial charge in [0.2, 0.25) is 53.2 Å². The van der Waals surface area contributed by atoms with Gasteiger partial charge in [0.05, 0.1) is 25.9 Å². The van der Waals surface area contributed by atoms with Gasteiger partial charge in [-0.05, 0) is 50.4 Å². The number of nitrogens with zero attached hydrogens (tertiary/aromatic N) is 1. The summed E-state index contributed by atoms with van der Waals surface area (Å²) in [5, 5.41) is 47.8. The van der Waals surface area contributed by atoms with Crippen LogP contribution in [0.3, 0.4) is 0 Å².